The summed E-state index contributed by atoms with van der Waals surface area (Å²) in [5, 5.41) is 50.9. The third-order valence-electron chi connectivity index (χ3n) is 4.42. The van der Waals surface area contributed by atoms with Crippen molar-refractivity contribution in [1.82, 2.24) is 0 Å². The van der Waals surface area contributed by atoms with Gasteiger partial charge in [0.2, 0.25) is 0 Å². The van der Waals surface area contributed by atoms with Gasteiger partial charge in [-0.2, -0.15) is 0 Å². The largest absolute Gasteiger partial charge is 0.508 e. The molecule has 0 spiro atoms. The number of fused-ring (bicyclic) bond motifs is 1. The first-order valence-corrected chi connectivity index (χ1v) is 7.45. The van der Waals surface area contributed by atoms with E-state index in [1.807, 2.05) is 0 Å². The van der Waals surface area contributed by atoms with Gasteiger partial charge in [0.05, 0.1) is 10.9 Å². The molecule has 6 heteroatoms. The Hall–Kier alpha value is -3.41. The van der Waals surface area contributed by atoms with Gasteiger partial charge in [0.1, 0.15) is 28.7 Å². The van der Waals surface area contributed by atoms with E-state index in [0.29, 0.717) is 23.0 Å². The Morgan fingerprint density at radius 2 is 1.32 bits per heavy atom. The maximum atomic E-state index is 11.3. The van der Waals surface area contributed by atoms with Crippen LogP contribution in [0.15, 0.2) is 24.3 Å². The van der Waals surface area contributed by atoms with Crippen molar-refractivity contribution in [3.8, 4) is 39.9 Å². The summed E-state index contributed by atoms with van der Waals surface area (Å²) in [5.41, 5.74) is 1.10. The summed E-state index contributed by atoms with van der Waals surface area (Å²) in [4.78, 5) is 11.3. The van der Waals surface area contributed by atoms with Gasteiger partial charge in [-0.25, -0.2) is 0 Å². The molecule has 0 amide bonds. The zero-order valence-corrected chi connectivity index (χ0v) is 13.5. The Morgan fingerprint density at radius 3 is 1.88 bits per heavy atom. The molecule has 0 aromatic heterocycles. The summed E-state index contributed by atoms with van der Waals surface area (Å²) in [7, 11) is 0. The number of hydrogen-bond acceptors (Lipinski definition) is 6. The fourth-order valence-electron chi connectivity index (χ4n) is 2.82. The van der Waals surface area contributed by atoms with Crippen molar-refractivity contribution in [1.29, 1.82) is 0 Å². The van der Waals surface area contributed by atoms with Gasteiger partial charge in [-0.1, -0.05) is 0 Å². The first kappa shape index (κ1) is 16.4. The molecule has 6 nitrogen and oxygen atoms in total. The topological polar surface area (TPSA) is 118 Å². The Morgan fingerprint density at radius 1 is 0.760 bits per heavy atom. The lowest BCUT2D eigenvalue weighted by molar-refractivity contribution is 0.112. The third-order valence-corrected chi connectivity index (χ3v) is 4.42. The molecule has 0 radical (unpaired) electrons. The summed E-state index contributed by atoms with van der Waals surface area (Å²) < 4.78 is 0. The van der Waals surface area contributed by atoms with E-state index < -0.39 is 5.75 Å². The van der Waals surface area contributed by atoms with Crippen molar-refractivity contribution < 1.29 is 30.3 Å². The molecule has 0 aliphatic carbocycles. The molecule has 3 aromatic carbocycles. The van der Waals surface area contributed by atoms with Gasteiger partial charge < -0.3 is 25.5 Å². The van der Waals surface area contributed by atoms with Crippen LogP contribution in [-0.4, -0.2) is 31.8 Å². The molecule has 0 fully saturated rings. The highest BCUT2D eigenvalue weighted by molar-refractivity contribution is 6.08. The number of rotatable bonds is 2. The molecule has 0 aliphatic rings. The molecule has 5 N–H and O–H groups in total. The normalized spacial score (nSPS) is 11.0. The van der Waals surface area contributed by atoms with Crippen LogP contribution in [0.25, 0.3) is 21.9 Å². The predicted octanol–water partition coefficient (Wildman–Crippen LogP) is 3.46. The van der Waals surface area contributed by atoms with Crippen LogP contribution in [-0.2, 0) is 0 Å². The van der Waals surface area contributed by atoms with E-state index in [2.05, 4.69) is 0 Å². The minimum Gasteiger partial charge on any atom is -0.508 e. The number of benzene rings is 3. The molecule has 0 saturated heterocycles. The molecule has 0 aliphatic heterocycles. The molecule has 0 atom stereocenters. The smallest absolute Gasteiger partial charge is 0.153 e. The summed E-state index contributed by atoms with van der Waals surface area (Å²) in [6.07, 6.45) is 0.438. The number of carbonyl (C=O) groups is 1. The van der Waals surface area contributed by atoms with Crippen molar-refractivity contribution in [2.45, 2.75) is 13.8 Å². The lowest BCUT2D eigenvalue weighted by Crippen LogP contribution is -1.91. The molecule has 0 bridgehead atoms. The second-order valence-corrected chi connectivity index (χ2v) is 5.91. The number of phenols is 5. The first-order chi connectivity index (χ1) is 11.8. The van der Waals surface area contributed by atoms with Gasteiger partial charge in [0, 0.05) is 16.5 Å². The highest BCUT2D eigenvalue weighted by Gasteiger charge is 2.20. The van der Waals surface area contributed by atoms with Crippen LogP contribution in [0.3, 0.4) is 0 Å². The lowest BCUT2D eigenvalue weighted by Gasteiger charge is -2.15. The van der Waals surface area contributed by atoms with Crippen LogP contribution in [0.2, 0.25) is 0 Å². The van der Waals surface area contributed by atoms with Crippen LogP contribution in [0.4, 0.5) is 0 Å². The second kappa shape index (κ2) is 5.59. The first-order valence-electron chi connectivity index (χ1n) is 7.45. The molecule has 25 heavy (non-hydrogen) atoms. The fraction of sp³-hybridized carbons (Fsp3) is 0.105. The Bertz CT molecular complexity index is 1010. The predicted molar refractivity (Wildman–Crippen MR) is 92.6 cm³/mol. The van der Waals surface area contributed by atoms with Crippen LogP contribution in [0, 0.1) is 13.8 Å². The monoisotopic (exact) mass is 340 g/mol. The SMILES string of the molecule is Cc1c(O)cc(-c2cc(C=O)c(O)c3c(O)c(C)c(O)cc23)cc1O. The highest BCUT2D eigenvalue weighted by atomic mass is 16.3. The highest BCUT2D eigenvalue weighted by Crippen LogP contribution is 2.46. The number of phenolic OH excluding ortho intramolecular Hbond substituents is 5. The van der Waals surface area contributed by atoms with Gasteiger partial charge >= 0.3 is 0 Å². The molecule has 3 aromatic rings. The number of aromatic hydroxyl groups is 5. The Balaban J connectivity index is 2.51. The van der Waals surface area contributed by atoms with Crippen LogP contribution < -0.4 is 0 Å². The third kappa shape index (κ3) is 2.39. The molecule has 3 rings (SSSR count). The summed E-state index contributed by atoms with van der Waals surface area (Å²) in [6.45, 7) is 3.02. The maximum absolute atomic E-state index is 11.3. The maximum Gasteiger partial charge on any atom is 0.153 e. The summed E-state index contributed by atoms with van der Waals surface area (Å²) >= 11 is 0. The number of aldehydes is 1. The zero-order chi connectivity index (χ0) is 18.5. The van der Waals surface area contributed by atoms with Gasteiger partial charge in [-0.05, 0) is 49.2 Å². The quantitative estimate of drug-likeness (QED) is 0.456. The number of carbonyl (C=O) groups excluding carboxylic acids is 1. The van der Waals surface area contributed by atoms with E-state index in [-0.39, 0.29) is 44.9 Å². The molecule has 0 saturated carbocycles. The summed E-state index contributed by atoms with van der Waals surface area (Å²) in [6, 6.07) is 5.50. The van der Waals surface area contributed by atoms with E-state index in [9.17, 15) is 30.3 Å². The second-order valence-electron chi connectivity index (χ2n) is 5.91. The minimum atomic E-state index is -0.407. The number of hydrogen-bond donors (Lipinski definition) is 5. The van der Waals surface area contributed by atoms with E-state index >= 15 is 0 Å². The zero-order valence-electron chi connectivity index (χ0n) is 13.5. The van der Waals surface area contributed by atoms with Crippen LogP contribution in [0.5, 0.6) is 28.7 Å². The van der Waals surface area contributed by atoms with Crippen molar-refractivity contribution >= 4 is 17.1 Å². The van der Waals surface area contributed by atoms with Crippen LogP contribution in [0.1, 0.15) is 21.5 Å². The minimum absolute atomic E-state index is 0.00875. The average Bonchev–Trinajstić information content (AvgIpc) is 2.57. The summed E-state index contributed by atoms with van der Waals surface area (Å²) in [5.74, 6) is -1.24. The van der Waals surface area contributed by atoms with Gasteiger partial charge in [0.25, 0.3) is 0 Å². The fourth-order valence-corrected chi connectivity index (χ4v) is 2.82. The van der Waals surface area contributed by atoms with Gasteiger partial charge in [0.15, 0.2) is 6.29 Å². The molecule has 0 heterocycles. The van der Waals surface area contributed by atoms with E-state index in [0.717, 1.165) is 0 Å². The molecular formula is C19H16O6. The van der Waals surface area contributed by atoms with Crippen molar-refractivity contribution in [3.63, 3.8) is 0 Å². The van der Waals surface area contributed by atoms with E-state index in [1.54, 1.807) is 6.92 Å². The van der Waals surface area contributed by atoms with Crippen molar-refractivity contribution in [3.05, 3.63) is 41.0 Å². The van der Waals surface area contributed by atoms with Crippen molar-refractivity contribution in [2.75, 3.05) is 0 Å². The van der Waals surface area contributed by atoms with E-state index in [1.165, 1.54) is 31.2 Å². The Labute approximate surface area is 142 Å². The van der Waals surface area contributed by atoms with Gasteiger partial charge in [-0.15, -0.1) is 0 Å². The lowest BCUT2D eigenvalue weighted by atomic mass is 9.92. The standard InChI is InChI=1S/C19H16O6/c1-8-14(21)4-10(5-15(8)22)12-3-11(7-20)19(25)17-13(12)6-16(23)9(2)18(17)24/h3-7,21-25H,1-2H3. The van der Waals surface area contributed by atoms with Crippen molar-refractivity contribution in [2.24, 2.45) is 0 Å². The molecule has 0 unspecified atom stereocenters. The average molecular weight is 340 g/mol. The Kier molecular flexibility index (Phi) is 3.68. The molecular weight excluding hydrogens is 324 g/mol. The molecule has 128 valence electrons. The van der Waals surface area contributed by atoms with E-state index in [4.69, 9.17) is 0 Å². The van der Waals surface area contributed by atoms with Gasteiger partial charge in [-0.3, -0.25) is 4.79 Å². The van der Waals surface area contributed by atoms with Crippen LogP contribution >= 0.6 is 0 Å².